The highest BCUT2D eigenvalue weighted by atomic mass is 32.1. The molecule has 0 aliphatic heterocycles. The molecule has 0 radical (unpaired) electrons. The van der Waals surface area contributed by atoms with E-state index in [2.05, 4.69) is 15.0 Å². The Bertz CT molecular complexity index is 580. The Kier molecular flexibility index (Phi) is 3.49. The second-order valence-electron chi connectivity index (χ2n) is 3.47. The molecular formula is C12H13N3OS. The highest BCUT2D eigenvalue weighted by molar-refractivity contribution is 7.71. The summed E-state index contributed by atoms with van der Waals surface area (Å²) in [5, 5.41) is 0. The van der Waals surface area contributed by atoms with E-state index < -0.39 is 0 Å². The van der Waals surface area contributed by atoms with Gasteiger partial charge in [0.05, 0.1) is 19.1 Å². The lowest BCUT2D eigenvalue weighted by Gasteiger charge is -2.10. The molecule has 0 aliphatic rings. The number of rotatable bonds is 3. The summed E-state index contributed by atoms with van der Waals surface area (Å²) < 4.78 is 5.91. The molecule has 2 rings (SSSR count). The van der Waals surface area contributed by atoms with Crippen LogP contribution in [0.15, 0.2) is 24.7 Å². The number of nitrogens with one attached hydrogen (secondary N) is 1. The lowest BCUT2D eigenvalue weighted by molar-refractivity contribution is 0.414. The zero-order chi connectivity index (χ0) is 12.3. The summed E-state index contributed by atoms with van der Waals surface area (Å²) in [5.74, 6) is 0.721. The van der Waals surface area contributed by atoms with Gasteiger partial charge in [0.25, 0.3) is 0 Å². The maximum atomic E-state index is 5.30. The molecule has 0 amide bonds. The van der Waals surface area contributed by atoms with E-state index in [1.54, 1.807) is 19.6 Å². The molecule has 0 fully saturated rings. The largest absolute Gasteiger partial charge is 0.494 e. The monoisotopic (exact) mass is 247 g/mol. The smallest absolute Gasteiger partial charge is 0.146 e. The van der Waals surface area contributed by atoms with Gasteiger partial charge in [0.15, 0.2) is 0 Å². The van der Waals surface area contributed by atoms with E-state index in [1.165, 1.54) is 0 Å². The Morgan fingerprint density at radius 1 is 1.41 bits per heavy atom. The molecule has 2 aromatic rings. The molecular weight excluding hydrogens is 234 g/mol. The van der Waals surface area contributed by atoms with Crippen LogP contribution < -0.4 is 4.74 Å². The van der Waals surface area contributed by atoms with Crippen LogP contribution in [0, 0.1) is 4.64 Å². The van der Waals surface area contributed by atoms with Crippen LogP contribution >= 0.6 is 12.2 Å². The lowest BCUT2D eigenvalue weighted by Crippen LogP contribution is -1.99. The zero-order valence-corrected chi connectivity index (χ0v) is 10.5. The molecule has 17 heavy (non-hydrogen) atoms. The van der Waals surface area contributed by atoms with Crippen LogP contribution in [0.2, 0.25) is 0 Å². The Morgan fingerprint density at radius 3 is 2.94 bits per heavy atom. The fraction of sp³-hybridized carbons (Fsp3) is 0.250. The normalized spacial score (nSPS) is 10.2. The van der Waals surface area contributed by atoms with Gasteiger partial charge in [-0.05, 0) is 18.6 Å². The van der Waals surface area contributed by atoms with Gasteiger partial charge in [-0.25, -0.2) is 4.98 Å². The number of pyridine rings is 1. The maximum absolute atomic E-state index is 5.30. The quantitative estimate of drug-likeness (QED) is 0.847. The van der Waals surface area contributed by atoms with E-state index in [0.717, 1.165) is 29.1 Å². The standard InChI is InChI=1S/C12H13N3OS/c1-3-8-10(14-7-15-12(8)17)11-9(16-2)5-4-6-13-11/h4-7H,3H2,1-2H3,(H,14,15,17). The molecule has 0 spiro atoms. The van der Waals surface area contributed by atoms with Crippen LogP contribution in [-0.2, 0) is 6.42 Å². The summed E-state index contributed by atoms with van der Waals surface area (Å²) in [6.07, 6.45) is 4.12. The van der Waals surface area contributed by atoms with Crippen LogP contribution in [0.5, 0.6) is 5.75 Å². The molecule has 2 aromatic heterocycles. The zero-order valence-electron chi connectivity index (χ0n) is 9.73. The van der Waals surface area contributed by atoms with Gasteiger partial charge >= 0.3 is 0 Å². The predicted octanol–water partition coefficient (Wildman–Crippen LogP) is 2.77. The molecule has 0 atom stereocenters. The molecule has 88 valence electrons. The first-order valence-corrected chi connectivity index (χ1v) is 5.74. The van der Waals surface area contributed by atoms with Crippen molar-refractivity contribution in [2.45, 2.75) is 13.3 Å². The molecule has 4 nitrogen and oxygen atoms in total. The van der Waals surface area contributed by atoms with Crippen LogP contribution in [0.3, 0.4) is 0 Å². The first kappa shape index (κ1) is 11.7. The first-order chi connectivity index (χ1) is 8.27. The minimum Gasteiger partial charge on any atom is -0.494 e. The van der Waals surface area contributed by atoms with E-state index in [9.17, 15) is 0 Å². The van der Waals surface area contributed by atoms with Gasteiger partial charge in [-0.3, -0.25) is 4.98 Å². The highest BCUT2D eigenvalue weighted by Gasteiger charge is 2.12. The van der Waals surface area contributed by atoms with E-state index in [-0.39, 0.29) is 0 Å². The van der Waals surface area contributed by atoms with Crippen molar-refractivity contribution in [2.75, 3.05) is 7.11 Å². The topological polar surface area (TPSA) is 50.8 Å². The van der Waals surface area contributed by atoms with Crippen LogP contribution in [0.1, 0.15) is 12.5 Å². The van der Waals surface area contributed by atoms with Crippen molar-refractivity contribution in [3.8, 4) is 17.1 Å². The SMILES string of the molecule is CCc1c(-c2ncccc2OC)[nH]cnc1=S. The molecule has 0 bridgehead atoms. The van der Waals surface area contributed by atoms with Gasteiger partial charge in [-0.1, -0.05) is 19.1 Å². The van der Waals surface area contributed by atoms with Crippen molar-refractivity contribution in [1.29, 1.82) is 0 Å². The fourth-order valence-corrected chi connectivity index (χ4v) is 2.01. The molecule has 0 saturated heterocycles. The fourth-order valence-electron chi connectivity index (χ4n) is 1.71. The summed E-state index contributed by atoms with van der Waals surface area (Å²) in [7, 11) is 1.63. The minimum atomic E-state index is 0.606. The summed E-state index contributed by atoms with van der Waals surface area (Å²) >= 11 is 5.22. The van der Waals surface area contributed by atoms with Gasteiger partial charge in [0.2, 0.25) is 0 Å². The predicted molar refractivity (Wildman–Crippen MR) is 68.6 cm³/mol. The third-order valence-electron chi connectivity index (χ3n) is 2.53. The number of aromatic nitrogens is 3. The van der Waals surface area contributed by atoms with Gasteiger partial charge in [0.1, 0.15) is 16.1 Å². The number of hydrogen-bond acceptors (Lipinski definition) is 4. The van der Waals surface area contributed by atoms with E-state index >= 15 is 0 Å². The van der Waals surface area contributed by atoms with Crippen molar-refractivity contribution in [3.63, 3.8) is 0 Å². The van der Waals surface area contributed by atoms with Crippen molar-refractivity contribution in [1.82, 2.24) is 15.0 Å². The Labute approximate surface area is 105 Å². The maximum Gasteiger partial charge on any atom is 0.146 e. The Hall–Kier alpha value is -1.75. The van der Waals surface area contributed by atoms with Gasteiger partial charge in [0, 0.05) is 11.8 Å². The molecule has 0 unspecified atom stereocenters. The Morgan fingerprint density at radius 2 is 2.24 bits per heavy atom. The van der Waals surface area contributed by atoms with E-state index in [1.807, 2.05) is 19.1 Å². The second-order valence-corrected chi connectivity index (χ2v) is 3.86. The number of nitrogens with zero attached hydrogens (tertiary/aromatic N) is 2. The molecule has 0 saturated carbocycles. The minimum absolute atomic E-state index is 0.606. The van der Waals surface area contributed by atoms with Crippen LogP contribution in [0.4, 0.5) is 0 Å². The molecule has 0 aliphatic carbocycles. The molecule has 5 heteroatoms. The van der Waals surface area contributed by atoms with Gasteiger partial charge in [-0.2, -0.15) is 0 Å². The average molecular weight is 247 g/mol. The van der Waals surface area contributed by atoms with E-state index in [0.29, 0.717) is 4.64 Å². The van der Waals surface area contributed by atoms with Crippen LogP contribution in [0.25, 0.3) is 11.4 Å². The third kappa shape index (κ3) is 2.19. The molecule has 0 aromatic carbocycles. The number of hydrogen-bond donors (Lipinski definition) is 1. The van der Waals surface area contributed by atoms with Crippen molar-refractivity contribution >= 4 is 12.2 Å². The van der Waals surface area contributed by atoms with E-state index in [4.69, 9.17) is 17.0 Å². The Balaban J connectivity index is 2.68. The number of aromatic amines is 1. The number of H-pyrrole nitrogens is 1. The van der Waals surface area contributed by atoms with Crippen molar-refractivity contribution < 1.29 is 4.74 Å². The van der Waals surface area contributed by atoms with Gasteiger partial charge < -0.3 is 9.72 Å². The highest BCUT2D eigenvalue weighted by Crippen LogP contribution is 2.28. The molecule has 2 heterocycles. The average Bonchev–Trinajstić information content (AvgIpc) is 2.38. The second kappa shape index (κ2) is 5.05. The van der Waals surface area contributed by atoms with Crippen molar-refractivity contribution in [2.24, 2.45) is 0 Å². The lowest BCUT2D eigenvalue weighted by atomic mass is 10.1. The van der Waals surface area contributed by atoms with Gasteiger partial charge in [-0.15, -0.1) is 0 Å². The molecule has 1 N–H and O–H groups in total. The summed E-state index contributed by atoms with van der Waals surface area (Å²) in [6, 6.07) is 3.71. The number of methoxy groups -OCH3 is 1. The summed E-state index contributed by atoms with van der Waals surface area (Å²) in [4.78, 5) is 11.5. The number of ether oxygens (including phenoxy) is 1. The third-order valence-corrected chi connectivity index (χ3v) is 2.88. The van der Waals surface area contributed by atoms with Crippen LogP contribution in [-0.4, -0.2) is 22.1 Å². The van der Waals surface area contributed by atoms with Crippen molar-refractivity contribution in [3.05, 3.63) is 34.9 Å². The summed E-state index contributed by atoms with van der Waals surface area (Å²) in [6.45, 7) is 2.04. The first-order valence-electron chi connectivity index (χ1n) is 5.33. The summed E-state index contributed by atoms with van der Waals surface area (Å²) in [5.41, 5.74) is 2.63.